The van der Waals surface area contributed by atoms with Crippen LogP contribution < -0.4 is 5.32 Å². The molecule has 0 aliphatic heterocycles. The molecular formula is C21H19FN6O. The number of hydrogen-bond acceptors (Lipinski definition) is 4. The quantitative estimate of drug-likeness (QED) is 0.575. The highest BCUT2D eigenvalue weighted by molar-refractivity contribution is 6.03. The Labute approximate surface area is 166 Å². The fourth-order valence-corrected chi connectivity index (χ4v) is 3.11. The van der Waals surface area contributed by atoms with Crippen LogP contribution in [0.15, 0.2) is 55.1 Å². The van der Waals surface area contributed by atoms with Gasteiger partial charge in [-0.3, -0.25) is 4.79 Å². The van der Waals surface area contributed by atoms with Crippen LogP contribution in [0.4, 0.5) is 10.1 Å². The Bertz CT molecular complexity index is 1200. The normalized spacial score (nSPS) is 10.9. The number of rotatable bonds is 4. The van der Waals surface area contributed by atoms with Gasteiger partial charge in [0.25, 0.3) is 5.91 Å². The number of amides is 1. The number of aryl methyl sites for hydroxylation is 3. The number of imidazole rings is 1. The van der Waals surface area contributed by atoms with Gasteiger partial charge in [-0.05, 0) is 50.6 Å². The van der Waals surface area contributed by atoms with Gasteiger partial charge in [0.05, 0.1) is 23.4 Å². The van der Waals surface area contributed by atoms with Crippen molar-refractivity contribution < 1.29 is 9.18 Å². The molecule has 0 atom stereocenters. The number of benzene rings is 2. The second-order valence-corrected chi connectivity index (χ2v) is 6.80. The zero-order chi connectivity index (χ0) is 20.5. The maximum Gasteiger partial charge on any atom is 0.278 e. The molecule has 4 rings (SSSR count). The molecule has 2 heterocycles. The van der Waals surface area contributed by atoms with Crippen LogP contribution in [0.5, 0.6) is 0 Å². The lowest BCUT2D eigenvalue weighted by Crippen LogP contribution is -2.14. The summed E-state index contributed by atoms with van der Waals surface area (Å²) >= 11 is 0. The second-order valence-electron chi connectivity index (χ2n) is 6.80. The third-order valence-corrected chi connectivity index (χ3v) is 4.55. The van der Waals surface area contributed by atoms with Crippen LogP contribution in [0.1, 0.15) is 27.3 Å². The van der Waals surface area contributed by atoms with E-state index in [4.69, 9.17) is 0 Å². The molecule has 7 nitrogen and oxygen atoms in total. The summed E-state index contributed by atoms with van der Waals surface area (Å²) in [6.45, 7) is 5.69. The molecule has 146 valence electrons. The highest BCUT2D eigenvalue weighted by Crippen LogP contribution is 2.20. The van der Waals surface area contributed by atoms with Gasteiger partial charge in [-0.15, -0.1) is 5.10 Å². The van der Waals surface area contributed by atoms with Gasteiger partial charge in [0.1, 0.15) is 5.82 Å². The van der Waals surface area contributed by atoms with Crippen molar-refractivity contribution in [1.29, 1.82) is 0 Å². The van der Waals surface area contributed by atoms with Gasteiger partial charge in [0.15, 0.2) is 5.69 Å². The number of anilines is 1. The predicted molar refractivity (Wildman–Crippen MR) is 107 cm³/mol. The minimum Gasteiger partial charge on any atom is -0.320 e. The Balaban J connectivity index is 1.58. The summed E-state index contributed by atoms with van der Waals surface area (Å²) in [5, 5.41) is 11.4. The molecule has 1 N–H and O–H groups in total. The van der Waals surface area contributed by atoms with Gasteiger partial charge >= 0.3 is 0 Å². The third kappa shape index (κ3) is 3.64. The zero-order valence-electron chi connectivity index (χ0n) is 16.2. The van der Waals surface area contributed by atoms with Crippen LogP contribution in [0.25, 0.3) is 11.4 Å². The Morgan fingerprint density at radius 2 is 1.83 bits per heavy atom. The van der Waals surface area contributed by atoms with Crippen molar-refractivity contribution in [3.05, 3.63) is 83.5 Å². The average molecular weight is 390 g/mol. The first-order chi connectivity index (χ1) is 13.9. The maximum absolute atomic E-state index is 14.4. The highest BCUT2D eigenvalue weighted by atomic mass is 19.1. The summed E-state index contributed by atoms with van der Waals surface area (Å²) in [5.41, 5.74) is 4.28. The van der Waals surface area contributed by atoms with E-state index in [-0.39, 0.29) is 5.69 Å². The molecule has 0 spiro atoms. The molecule has 8 heteroatoms. The molecule has 2 aromatic heterocycles. The summed E-state index contributed by atoms with van der Waals surface area (Å²) in [4.78, 5) is 18.0. The van der Waals surface area contributed by atoms with E-state index in [0.717, 1.165) is 16.8 Å². The van der Waals surface area contributed by atoms with E-state index in [1.165, 1.54) is 17.2 Å². The van der Waals surface area contributed by atoms with E-state index in [0.29, 0.717) is 17.1 Å². The minimum absolute atomic E-state index is 0.184. The number of halogens is 1. The zero-order valence-corrected chi connectivity index (χ0v) is 16.2. The Morgan fingerprint density at radius 1 is 1.03 bits per heavy atom. The molecule has 29 heavy (non-hydrogen) atoms. The standard InChI is InChI=1S/C21H19FN6O/c1-13-4-6-18(14(2)10-13)28-25-15(3)20(26-28)21(29)24-16-5-7-19(17(22)11-16)27-9-8-23-12-27/h4-12H,1-3H3,(H,24,29). The molecule has 0 fully saturated rings. The van der Waals surface area contributed by atoms with Crippen LogP contribution in [0, 0.1) is 26.6 Å². The van der Waals surface area contributed by atoms with Gasteiger partial charge < -0.3 is 9.88 Å². The number of nitrogens with one attached hydrogen (secondary N) is 1. The summed E-state index contributed by atoms with van der Waals surface area (Å²) < 4.78 is 16.0. The van der Waals surface area contributed by atoms with E-state index < -0.39 is 11.7 Å². The summed E-state index contributed by atoms with van der Waals surface area (Å²) in [7, 11) is 0. The van der Waals surface area contributed by atoms with Crippen LogP contribution in [-0.2, 0) is 0 Å². The molecule has 1 amide bonds. The van der Waals surface area contributed by atoms with Crippen LogP contribution >= 0.6 is 0 Å². The molecule has 2 aromatic carbocycles. The topological polar surface area (TPSA) is 77.6 Å². The Hall–Kier alpha value is -3.81. The summed E-state index contributed by atoms with van der Waals surface area (Å²) in [5.74, 6) is -0.926. The third-order valence-electron chi connectivity index (χ3n) is 4.55. The van der Waals surface area contributed by atoms with Gasteiger partial charge in [-0.1, -0.05) is 17.7 Å². The molecule has 0 aliphatic rings. The van der Waals surface area contributed by atoms with Crippen LogP contribution in [0.3, 0.4) is 0 Å². The molecule has 0 aliphatic carbocycles. The smallest absolute Gasteiger partial charge is 0.278 e. The lowest BCUT2D eigenvalue weighted by atomic mass is 10.1. The minimum atomic E-state index is -0.476. The average Bonchev–Trinajstić information content (AvgIpc) is 3.32. The first kappa shape index (κ1) is 18.5. The van der Waals surface area contributed by atoms with Crippen molar-refractivity contribution in [2.45, 2.75) is 20.8 Å². The summed E-state index contributed by atoms with van der Waals surface area (Å²) in [6, 6.07) is 10.4. The first-order valence-corrected chi connectivity index (χ1v) is 9.03. The maximum atomic E-state index is 14.4. The molecule has 0 radical (unpaired) electrons. The van der Waals surface area contributed by atoms with Crippen LogP contribution in [0.2, 0.25) is 0 Å². The number of carbonyl (C=O) groups excluding carboxylic acids is 1. The van der Waals surface area contributed by atoms with Crippen molar-refractivity contribution in [1.82, 2.24) is 24.5 Å². The van der Waals surface area contributed by atoms with E-state index >= 15 is 0 Å². The van der Waals surface area contributed by atoms with E-state index in [1.54, 1.807) is 36.0 Å². The van der Waals surface area contributed by atoms with Gasteiger partial charge in [-0.2, -0.15) is 9.90 Å². The molecule has 0 saturated carbocycles. The lowest BCUT2D eigenvalue weighted by molar-refractivity contribution is 0.102. The Kier molecular flexibility index (Phi) is 4.67. The van der Waals surface area contributed by atoms with Crippen molar-refractivity contribution in [3.63, 3.8) is 0 Å². The fourth-order valence-electron chi connectivity index (χ4n) is 3.11. The number of hydrogen-bond donors (Lipinski definition) is 1. The highest BCUT2D eigenvalue weighted by Gasteiger charge is 2.18. The van der Waals surface area contributed by atoms with Gasteiger partial charge in [0.2, 0.25) is 0 Å². The monoisotopic (exact) mass is 390 g/mol. The van der Waals surface area contributed by atoms with Crippen molar-refractivity contribution in [2.75, 3.05) is 5.32 Å². The van der Waals surface area contributed by atoms with Crippen molar-refractivity contribution >= 4 is 11.6 Å². The molecule has 0 bridgehead atoms. The second kappa shape index (κ2) is 7.31. The molecule has 0 saturated heterocycles. The van der Waals surface area contributed by atoms with Crippen molar-refractivity contribution in [2.24, 2.45) is 0 Å². The van der Waals surface area contributed by atoms with E-state index in [1.807, 2.05) is 32.0 Å². The van der Waals surface area contributed by atoms with Crippen molar-refractivity contribution in [3.8, 4) is 11.4 Å². The Morgan fingerprint density at radius 3 is 2.52 bits per heavy atom. The largest absolute Gasteiger partial charge is 0.320 e. The SMILES string of the molecule is Cc1ccc(-n2nc(C)c(C(=O)Nc3ccc(-n4ccnc4)c(F)c3)n2)c(C)c1. The predicted octanol–water partition coefficient (Wildman–Crippen LogP) is 3.77. The number of carbonyl (C=O) groups is 1. The van der Waals surface area contributed by atoms with Crippen LogP contribution in [-0.4, -0.2) is 30.5 Å². The van der Waals surface area contributed by atoms with Gasteiger partial charge in [-0.25, -0.2) is 9.37 Å². The lowest BCUT2D eigenvalue weighted by Gasteiger charge is -2.08. The van der Waals surface area contributed by atoms with E-state index in [2.05, 4.69) is 20.5 Å². The summed E-state index contributed by atoms with van der Waals surface area (Å²) in [6.07, 6.45) is 4.72. The van der Waals surface area contributed by atoms with E-state index in [9.17, 15) is 9.18 Å². The number of nitrogens with zero attached hydrogens (tertiary/aromatic N) is 5. The first-order valence-electron chi connectivity index (χ1n) is 9.03. The fraction of sp³-hybridized carbons (Fsp3) is 0.143. The van der Waals surface area contributed by atoms with Gasteiger partial charge in [0, 0.05) is 18.1 Å². The molecule has 4 aromatic rings. The molecular weight excluding hydrogens is 371 g/mol. The number of aromatic nitrogens is 5. The molecule has 0 unspecified atom stereocenters.